The highest BCUT2D eigenvalue weighted by Crippen LogP contribution is 2.56. The van der Waals surface area contributed by atoms with Crippen molar-refractivity contribution in [3.05, 3.63) is 12.2 Å². The van der Waals surface area contributed by atoms with Crippen LogP contribution in [0.4, 0.5) is 4.39 Å². The van der Waals surface area contributed by atoms with Crippen molar-refractivity contribution < 1.29 is 4.39 Å². The molecule has 0 aromatic rings. The van der Waals surface area contributed by atoms with Crippen molar-refractivity contribution in [2.24, 2.45) is 11.3 Å². The van der Waals surface area contributed by atoms with E-state index in [9.17, 15) is 4.39 Å². The summed E-state index contributed by atoms with van der Waals surface area (Å²) in [5.74, 6) is 0.620. The third-order valence-electron chi connectivity index (χ3n) is 4.81. The average molecular weight is 210 g/mol. The summed E-state index contributed by atoms with van der Waals surface area (Å²) in [5, 5.41) is 0. The standard InChI is InChI=1S/C14H23F/c1-4-13(11(2)3)8-12-6-5-7-14(15,9-12)10-13/h12H,2,4-10H2,1,3H3. The Bertz CT molecular complexity index is 271. The summed E-state index contributed by atoms with van der Waals surface area (Å²) < 4.78 is 14.6. The van der Waals surface area contributed by atoms with Gasteiger partial charge in [-0.1, -0.05) is 25.5 Å². The van der Waals surface area contributed by atoms with E-state index in [-0.39, 0.29) is 5.41 Å². The molecule has 1 heteroatoms. The van der Waals surface area contributed by atoms with Gasteiger partial charge in [-0.3, -0.25) is 0 Å². The third kappa shape index (κ3) is 1.86. The van der Waals surface area contributed by atoms with Crippen molar-refractivity contribution in [3.8, 4) is 0 Å². The molecule has 2 aliphatic carbocycles. The second-order valence-corrected chi connectivity index (χ2v) is 5.91. The Hall–Kier alpha value is -0.330. The molecule has 2 rings (SSSR count). The fourth-order valence-electron chi connectivity index (χ4n) is 3.89. The normalized spacial score (nSPS) is 45.1. The van der Waals surface area contributed by atoms with Gasteiger partial charge in [0.25, 0.3) is 0 Å². The molecule has 0 saturated heterocycles. The number of rotatable bonds is 2. The van der Waals surface area contributed by atoms with Crippen molar-refractivity contribution in [1.82, 2.24) is 0 Å². The van der Waals surface area contributed by atoms with Crippen LogP contribution in [0.5, 0.6) is 0 Å². The number of halogens is 1. The fraction of sp³-hybridized carbons (Fsp3) is 0.857. The molecule has 0 nitrogen and oxygen atoms in total. The molecule has 0 radical (unpaired) electrons. The smallest absolute Gasteiger partial charge is 0.112 e. The first kappa shape index (κ1) is 11.2. The predicted octanol–water partition coefficient (Wildman–Crippen LogP) is 4.65. The van der Waals surface area contributed by atoms with Crippen LogP contribution in [0, 0.1) is 11.3 Å². The molecule has 2 saturated carbocycles. The number of alkyl halides is 1. The highest BCUT2D eigenvalue weighted by molar-refractivity contribution is 5.14. The van der Waals surface area contributed by atoms with Crippen LogP contribution in [-0.4, -0.2) is 5.67 Å². The molecule has 0 amide bonds. The van der Waals surface area contributed by atoms with Crippen molar-refractivity contribution >= 4 is 0 Å². The molecule has 15 heavy (non-hydrogen) atoms. The molecular formula is C14H23F. The van der Waals surface area contributed by atoms with Gasteiger partial charge in [0.15, 0.2) is 0 Å². The van der Waals surface area contributed by atoms with Gasteiger partial charge in [-0.15, -0.1) is 0 Å². The Morgan fingerprint density at radius 3 is 2.73 bits per heavy atom. The maximum absolute atomic E-state index is 14.6. The van der Waals surface area contributed by atoms with Crippen LogP contribution >= 0.6 is 0 Å². The number of hydrogen-bond donors (Lipinski definition) is 0. The van der Waals surface area contributed by atoms with Gasteiger partial charge in [-0.05, 0) is 56.8 Å². The van der Waals surface area contributed by atoms with Crippen LogP contribution in [0.1, 0.15) is 58.8 Å². The maximum atomic E-state index is 14.6. The highest BCUT2D eigenvalue weighted by atomic mass is 19.1. The van der Waals surface area contributed by atoms with E-state index >= 15 is 0 Å². The van der Waals surface area contributed by atoms with Gasteiger partial charge in [0.1, 0.15) is 5.67 Å². The third-order valence-corrected chi connectivity index (χ3v) is 4.81. The summed E-state index contributed by atoms with van der Waals surface area (Å²) in [5.41, 5.74) is 0.451. The first-order chi connectivity index (χ1) is 7.00. The van der Waals surface area contributed by atoms with E-state index in [1.54, 1.807) is 0 Å². The van der Waals surface area contributed by atoms with Gasteiger partial charge in [0.2, 0.25) is 0 Å². The summed E-state index contributed by atoms with van der Waals surface area (Å²) in [7, 11) is 0. The molecule has 2 bridgehead atoms. The van der Waals surface area contributed by atoms with Gasteiger partial charge in [0.05, 0.1) is 0 Å². The molecule has 0 N–H and O–H groups in total. The lowest BCUT2D eigenvalue weighted by molar-refractivity contribution is -0.0292. The lowest BCUT2D eigenvalue weighted by atomic mass is 9.56. The molecule has 0 aromatic heterocycles. The zero-order chi connectivity index (χ0) is 11.1. The van der Waals surface area contributed by atoms with Crippen LogP contribution < -0.4 is 0 Å². The van der Waals surface area contributed by atoms with Crippen LogP contribution in [0.2, 0.25) is 0 Å². The van der Waals surface area contributed by atoms with Gasteiger partial charge in [0, 0.05) is 0 Å². The lowest BCUT2D eigenvalue weighted by Gasteiger charge is -2.50. The highest BCUT2D eigenvalue weighted by Gasteiger charge is 2.49. The summed E-state index contributed by atoms with van der Waals surface area (Å²) >= 11 is 0. The molecule has 0 aromatic carbocycles. The molecule has 3 atom stereocenters. The number of fused-ring (bicyclic) bond motifs is 2. The average Bonchev–Trinajstić information content (AvgIpc) is 2.15. The maximum Gasteiger partial charge on any atom is 0.112 e. The number of allylic oxidation sites excluding steroid dienone is 1. The second kappa shape index (κ2) is 3.61. The van der Waals surface area contributed by atoms with Crippen molar-refractivity contribution in [1.29, 1.82) is 0 Å². The van der Waals surface area contributed by atoms with E-state index < -0.39 is 5.67 Å². The molecule has 0 heterocycles. The largest absolute Gasteiger partial charge is 0.244 e. The van der Waals surface area contributed by atoms with Crippen LogP contribution in [0.25, 0.3) is 0 Å². The van der Waals surface area contributed by atoms with E-state index in [4.69, 9.17) is 0 Å². The number of hydrogen-bond acceptors (Lipinski definition) is 0. The first-order valence-electron chi connectivity index (χ1n) is 6.35. The zero-order valence-corrected chi connectivity index (χ0v) is 10.1. The van der Waals surface area contributed by atoms with Gasteiger partial charge >= 0.3 is 0 Å². The molecule has 86 valence electrons. The minimum absolute atomic E-state index is 0.109. The van der Waals surface area contributed by atoms with Crippen LogP contribution in [-0.2, 0) is 0 Å². The Labute approximate surface area is 92.9 Å². The van der Waals surface area contributed by atoms with E-state index in [1.807, 2.05) is 0 Å². The van der Waals surface area contributed by atoms with Crippen LogP contribution in [0.15, 0.2) is 12.2 Å². The van der Waals surface area contributed by atoms with Crippen LogP contribution in [0.3, 0.4) is 0 Å². The van der Waals surface area contributed by atoms with Crippen molar-refractivity contribution in [2.45, 2.75) is 64.5 Å². The SMILES string of the molecule is C=C(C)C1(CC)CC2CCCC(F)(C2)C1. The fourth-order valence-corrected chi connectivity index (χ4v) is 3.89. The van der Waals surface area contributed by atoms with Crippen molar-refractivity contribution in [3.63, 3.8) is 0 Å². The van der Waals surface area contributed by atoms with E-state index in [0.29, 0.717) is 5.92 Å². The Balaban J connectivity index is 2.25. The summed E-state index contributed by atoms with van der Waals surface area (Å²) in [4.78, 5) is 0. The Morgan fingerprint density at radius 2 is 2.20 bits per heavy atom. The monoisotopic (exact) mass is 210 g/mol. The minimum atomic E-state index is -0.865. The minimum Gasteiger partial charge on any atom is -0.244 e. The molecule has 2 fully saturated rings. The molecule has 3 unspecified atom stereocenters. The van der Waals surface area contributed by atoms with E-state index in [0.717, 1.165) is 32.1 Å². The summed E-state index contributed by atoms with van der Waals surface area (Å²) in [6, 6.07) is 0. The molecular weight excluding hydrogens is 187 g/mol. The quantitative estimate of drug-likeness (QED) is 0.582. The lowest BCUT2D eigenvalue weighted by Crippen LogP contribution is -2.45. The summed E-state index contributed by atoms with van der Waals surface area (Å²) in [6.45, 7) is 8.40. The Kier molecular flexibility index (Phi) is 2.68. The molecule has 0 spiro atoms. The molecule has 2 aliphatic rings. The van der Waals surface area contributed by atoms with Crippen molar-refractivity contribution in [2.75, 3.05) is 0 Å². The predicted molar refractivity (Wildman–Crippen MR) is 62.6 cm³/mol. The second-order valence-electron chi connectivity index (χ2n) is 5.91. The molecule has 0 aliphatic heterocycles. The van der Waals surface area contributed by atoms with Gasteiger partial charge in [-0.25, -0.2) is 4.39 Å². The summed E-state index contributed by atoms with van der Waals surface area (Å²) in [6.07, 6.45) is 6.93. The van der Waals surface area contributed by atoms with E-state index in [1.165, 1.54) is 18.4 Å². The first-order valence-corrected chi connectivity index (χ1v) is 6.35. The topological polar surface area (TPSA) is 0 Å². The Morgan fingerprint density at radius 1 is 1.47 bits per heavy atom. The van der Waals surface area contributed by atoms with Gasteiger partial charge in [-0.2, -0.15) is 0 Å². The van der Waals surface area contributed by atoms with Gasteiger partial charge < -0.3 is 0 Å². The zero-order valence-electron chi connectivity index (χ0n) is 10.1. The van der Waals surface area contributed by atoms with E-state index in [2.05, 4.69) is 20.4 Å².